The number of nitrogens with zero attached hydrogens (tertiary/aromatic N) is 1. The number of hydrogen-bond donors (Lipinski definition) is 1. The van der Waals surface area contributed by atoms with E-state index in [0.717, 1.165) is 30.9 Å². The SMILES string of the molecule is O=C(Nc1cccc(N2CCOCC2)c1)c1ccc(C(F)(F)F)cc1. The molecule has 0 bridgehead atoms. The number of nitrogens with one attached hydrogen (secondary N) is 1. The number of anilines is 2. The molecule has 0 saturated carbocycles. The first-order chi connectivity index (χ1) is 11.9. The summed E-state index contributed by atoms with van der Waals surface area (Å²) in [5.74, 6) is -0.451. The molecule has 2 aromatic carbocycles. The van der Waals surface area contributed by atoms with Crippen molar-refractivity contribution in [3.63, 3.8) is 0 Å². The highest BCUT2D eigenvalue weighted by Gasteiger charge is 2.30. The second kappa shape index (κ2) is 7.14. The van der Waals surface area contributed by atoms with Crippen molar-refractivity contribution < 1.29 is 22.7 Å². The van der Waals surface area contributed by atoms with E-state index in [9.17, 15) is 18.0 Å². The van der Waals surface area contributed by atoms with Gasteiger partial charge in [-0.3, -0.25) is 4.79 Å². The molecule has 132 valence electrons. The Labute approximate surface area is 143 Å². The van der Waals surface area contributed by atoms with Crippen LogP contribution in [0, 0.1) is 0 Å². The van der Waals surface area contributed by atoms with Gasteiger partial charge < -0.3 is 15.0 Å². The van der Waals surface area contributed by atoms with E-state index in [1.54, 1.807) is 6.07 Å². The lowest BCUT2D eigenvalue weighted by Crippen LogP contribution is -2.36. The summed E-state index contributed by atoms with van der Waals surface area (Å²) in [6.07, 6.45) is -4.42. The van der Waals surface area contributed by atoms with E-state index in [0.29, 0.717) is 18.9 Å². The first-order valence-corrected chi connectivity index (χ1v) is 7.85. The minimum absolute atomic E-state index is 0.171. The topological polar surface area (TPSA) is 41.6 Å². The van der Waals surface area contributed by atoms with Crippen LogP contribution >= 0.6 is 0 Å². The number of morpholine rings is 1. The number of hydrogen-bond acceptors (Lipinski definition) is 3. The van der Waals surface area contributed by atoms with Crippen LogP contribution in [0.1, 0.15) is 15.9 Å². The number of rotatable bonds is 3. The molecule has 25 heavy (non-hydrogen) atoms. The fourth-order valence-corrected chi connectivity index (χ4v) is 2.62. The van der Waals surface area contributed by atoms with E-state index in [1.165, 1.54) is 12.1 Å². The van der Waals surface area contributed by atoms with Crippen molar-refractivity contribution in [2.75, 3.05) is 36.5 Å². The first-order valence-electron chi connectivity index (χ1n) is 7.85. The Balaban J connectivity index is 1.70. The Morgan fingerprint density at radius 1 is 1.04 bits per heavy atom. The van der Waals surface area contributed by atoms with Gasteiger partial charge >= 0.3 is 6.18 Å². The molecule has 1 saturated heterocycles. The molecular formula is C18H17F3N2O2. The fraction of sp³-hybridized carbons (Fsp3) is 0.278. The van der Waals surface area contributed by atoms with Crippen molar-refractivity contribution >= 4 is 17.3 Å². The van der Waals surface area contributed by atoms with Crippen molar-refractivity contribution in [1.29, 1.82) is 0 Å². The van der Waals surface area contributed by atoms with Crippen LogP contribution in [-0.4, -0.2) is 32.2 Å². The van der Waals surface area contributed by atoms with E-state index in [4.69, 9.17) is 4.74 Å². The van der Waals surface area contributed by atoms with Crippen LogP contribution in [0.5, 0.6) is 0 Å². The van der Waals surface area contributed by atoms with Crippen LogP contribution in [0.3, 0.4) is 0 Å². The number of benzene rings is 2. The third-order valence-electron chi connectivity index (χ3n) is 3.95. The van der Waals surface area contributed by atoms with Crippen LogP contribution in [0.4, 0.5) is 24.5 Å². The molecule has 1 amide bonds. The van der Waals surface area contributed by atoms with Crippen LogP contribution in [0.15, 0.2) is 48.5 Å². The van der Waals surface area contributed by atoms with E-state index in [1.807, 2.05) is 18.2 Å². The van der Waals surface area contributed by atoms with Gasteiger partial charge in [0.1, 0.15) is 0 Å². The van der Waals surface area contributed by atoms with Gasteiger partial charge in [-0.25, -0.2) is 0 Å². The molecule has 1 N–H and O–H groups in total. The Morgan fingerprint density at radius 3 is 2.36 bits per heavy atom. The smallest absolute Gasteiger partial charge is 0.378 e. The van der Waals surface area contributed by atoms with Gasteiger partial charge in [0.25, 0.3) is 5.91 Å². The lowest BCUT2D eigenvalue weighted by atomic mass is 10.1. The fourth-order valence-electron chi connectivity index (χ4n) is 2.62. The second-order valence-electron chi connectivity index (χ2n) is 5.68. The third kappa shape index (κ3) is 4.30. The normalized spacial score (nSPS) is 15.1. The van der Waals surface area contributed by atoms with Crippen LogP contribution in [-0.2, 0) is 10.9 Å². The van der Waals surface area contributed by atoms with Gasteiger partial charge in [0, 0.05) is 30.0 Å². The lowest BCUT2D eigenvalue weighted by molar-refractivity contribution is -0.137. The minimum Gasteiger partial charge on any atom is -0.378 e. The van der Waals surface area contributed by atoms with E-state index in [2.05, 4.69) is 10.2 Å². The molecule has 0 unspecified atom stereocenters. The lowest BCUT2D eigenvalue weighted by Gasteiger charge is -2.29. The zero-order valence-corrected chi connectivity index (χ0v) is 13.3. The summed E-state index contributed by atoms with van der Waals surface area (Å²) in [6, 6.07) is 11.5. The molecule has 3 rings (SSSR count). The average Bonchev–Trinajstić information content (AvgIpc) is 2.62. The van der Waals surface area contributed by atoms with Crippen molar-refractivity contribution in [2.45, 2.75) is 6.18 Å². The van der Waals surface area contributed by atoms with Gasteiger partial charge in [-0.2, -0.15) is 13.2 Å². The zero-order chi connectivity index (χ0) is 17.9. The maximum Gasteiger partial charge on any atom is 0.416 e. The minimum atomic E-state index is -4.42. The van der Waals surface area contributed by atoms with Crippen molar-refractivity contribution in [1.82, 2.24) is 0 Å². The van der Waals surface area contributed by atoms with Gasteiger partial charge in [0.2, 0.25) is 0 Å². The first kappa shape index (κ1) is 17.3. The van der Waals surface area contributed by atoms with Crippen LogP contribution < -0.4 is 10.2 Å². The molecule has 0 atom stereocenters. The highest BCUT2D eigenvalue weighted by Crippen LogP contribution is 2.29. The monoisotopic (exact) mass is 350 g/mol. The maximum atomic E-state index is 12.6. The van der Waals surface area contributed by atoms with E-state index < -0.39 is 17.6 Å². The molecule has 0 aliphatic carbocycles. The maximum absolute atomic E-state index is 12.6. The van der Waals surface area contributed by atoms with Crippen molar-refractivity contribution in [3.05, 3.63) is 59.7 Å². The summed E-state index contributed by atoms with van der Waals surface area (Å²) in [4.78, 5) is 14.4. The number of halogens is 3. The molecule has 7 heteroatoms. The van der Waals surface area contributed by atoms with E-state index in [-0.39, 0.29) is 5.56 Å². The Hall–Kier alpha value is -2.54. The highest BCUT2D eigenvalue weighted by molar-refractivity contribution is 6.04. The predicted molar refractivity (Wildman–Crippen MR) is 88.9 cm³/mol. The number of carbonyl (C=O) groups excluding carboxylic acids is 1. The highest BCUT2D eigenvalue weighted by atomic mass is 19.4. The molecule has 1 aliphatic heterocycles. The molecular weight excluding hydrogens is 333 g/mol. The Bertz CT molecular complexity index is 739. The summed E-state index contributed by atoms with van der Waals surface area (Å²) >= 11 is 0. The van der Waals surface area contributed by atoms with Crippen molar-refractivity contribution in [3.8, 4) is 0 Å². The van der Waals surface area contributed by atoms with Crippen LogP contribution in [0.2, 0.25) is 0 Å². The van der Waals surface area contributed by atoms with Gasteiger partial charge in [-0.1, -0.05) is 6.07 Å². The summed E-state index contributed by atoms with van der Waals surface area (Å²) in [5, 5.41) is 2.72. The number of ether oxygens (including phenoxy) is 1. The zero-order valence-electron chi connectivity index (χ0n) is 13.3. The summed E-state index contributed by atoms with van der Waals surface area (Å²) < 4.78 is 43.0. The van der Waals surface area contributed by atoms with E-state index >= 15 is 0 Å². The predicted octanol–water partition coefficient (Wildman–Crippen LogP) is 3.79. The number of alkyl halides is 3. The number of amides is 1. The largest absolute Gasteiger partial charge is 0.416 e. The Morgan fingerprint density at radius 2 is 1.72 bits per heavy atom. The Kier molecular flexibility index (Phi) is 4.94. The quantitative estimate of drug-likeness (QED) is 0.916. The summed E-state index contributed by atoms with van der Waals surface area (Å²) in [5.41, 5.74) is 0.950. The van der Waals surface area contributed by atoms with Crippen molar-refractivity contribution in [2.24, 2.45) is 0 Å². The van der Waals surface area contributed by atoms with Crippen LogP contribution in [0.25, 0.3) is 0 Å². The standard InChI is InChI=1S/C18H17F3N2O2/c19-18(20,21)14-6-4-13(5-7-14)17(24)22-15-2-1-3-16(12-15)23-8-10-25-11-9-23/h1-7,12H,8-11H2,(H,22,24). The average molecular weight is 350 g/mol. The molecule has 0 radical (unpaired) electrons. The van der Waals surface area contributed by atoms with Gasteiger partial charge in [0.05, 0.1) is 18.8 Å². The van der Waals surface area contributed by atoms with Gasteiger partial charge in [-0.15, -0.1) is 0 Å². The molecule has 0 spiro atoms. The summed E-state index contributed by atoms with van der Waals surface area (Å²) in [6.45, 7) is 2.86. The molecule has 4 nitrogen and oxygen atoms in total. The molecule has 1 aliphatic rings. The van der Waals surface area contributed by atoms with Gasteiger partial charge in [-0.05, 0) is 42.5 Å². The number of carbonyl (C=O) groups is 1. The molecule has 1 heterocycles. The van der Waals surface area contributed by atoms with Gasteiger partial charge in [0.15, 0.2) is 0 Å². The molecule has 1 fully saturated rings. The summed E-state index contributed by atoms with van der Waals surface area (Å²) in [7, 11) is 0. The molecule has 2 aromatic rings. The third-order valence-corrected chi connectivity index (χ3v) is 3.95. The second-order valence-corrected chi connectivity index (χ2v) is 5.68. The molecule has 0 aromatic heterocycles.